The smallest absolute Gasteiger partial charge is 0.225 e. The lowest BCUT2D eigenvalue weighted by Crippen LogP contribution is -2.51. The molecule has 0 bridgehead atoms. The maximum absolute atomic E-state index is 12.4. The first-order chi connectivity index (χ1) is 12.5. The summed E-state index contributed by atoms with van der Waals surface area (Å²) >= 11 is 0. The lowest BCUT2D eigenvalue weighted by atomic mass is 9.81. The van der Waals surface area contributed by atoms with E-state index in [1.165, 1.54) is 27.6 Å². The zero-order chi connectivity index (χ0) is 18.4. The van der Waals surface area contributed by atoms with Gasteiger partial charge < -0.3 is 15.0 Å². The second kappa shape index (κ2) is 6.56. The van der Waals surface area contributed by atoms with Crippen LogP contribution in [0, 0.1) is 5.92 Å². The summed E-state index contributed by atoms with van der Waals surface area (Å²) in [4.78, 5) is 14.8. The molecule has 0 saturated heterocycles. The normalized spacial score (nSPS) is 23.5. The van der Waals surface area contributed by atoms with E-state index in [0.717, 1.165) is 13.0 Å². The summed E-state index contributed by atoms with van der Waals surface area (Å²) in [6, 6.07) is 6.81. The van der Waals surface area contributed by atoms with Crippen molar-refractivity contribution >= 4 is 22.4 Å². The van der Waals surface area contributed by atoms with Crippen molar-refractivity contribution in [1.82, 2.24) is 14.8 Å². The topological polar surface area (TPSA) is 57.5 Å². The Kier molecular flexibility index (Phi) is 4.37. The van der Waals surface area contributed by atoms with Crippen molar-refractivity contribution in [2.45, 2.75) is 31.8 Å². The van der Waals surface area contributed by atoms with Gasteiger partial charge in [-0.05, 0) is 42.7 Å². The van der Waals surface area contributed by atoms with Gasteiger partial charge in [0.15, 0.2) is 0 Å². The quantitative estimate of drug-likeness (QED) is 0.883. The van der Waals surface area contributed by atoms with Gasteiger partial charge in [-0.15, -0.1) is 0 Å². The van der Waals surface area contributed by atoms with E-state index in [9.17, 15) is 9.90 Å². The highest BCUT2D eigenvalue weighted by atomic mass is 16.3. The number of aryl methyl sites for hydroxylation is 1. The summed E-state index contributed by atoms with van der Waals surface area (Å²) < 4.78 is 2.21. The second-order valence-electron chi connectivity index (χ2n) is 7.65. The zero-order valence-corrected chi connectivity index (χ0v) is 15.7. The van der Waals surface area contributed by atoms with Crippen molar-refractivity contribution in [3.8, 4) is 0 Å². The molecule has 1 aromatic heterocycles. The first-order valence-electron chi connectivity index (χ1n) is 9.44. The molecule has 138 valence electrons. The number of carbonyl (C=O) groups is 1. The Balaban J connectivity index is 1.72. The molecule has 3 atom stereocenters. The molecule has 0 fully saturated rings. The molecule has 2 aliphatic rings. The Bertz CT molecular complexity index is 879. The summed E-state index contributed by atoms with van der Waals surface area (Å²) in [5.74, 6) is -0.384. The van der Waals surface area contributed by atoms with Gasteiger partial charge in [0.2, 0.25) is 5.91 Å². The third kappa shape index (κ3) is 2.66. The number of aliphatic hydroxyl groups is 1. The Morgan fingerprint density at radius 1 is 1.38 bits per heavy atom. The second-order valence-corrected chi connectivity index (χ2v) is 7.65. The minimum absolute atomic E-state index is 0.0279. The van der Waals surface area contributed by atoms with E-state index in [-0.39, 0.29) is 24.5 Å². The number of carbonyl (C=O) groups excluding carboxylic acids is 1. The van der Waals surface area contributed by atoms with Crippen molar-refractivity contribution in [2.24, 2.45) is 13.0 Å². The number of aromatic nitrogens is 1. The molecule has 2 heterocycles. The van der Waals surface area contributed by atoms with E-state index < -0.39 is 0 Å². The Labute approximate surface area is 154 Å². The first kappa shape index (κ1) is 17.3. The van der Waals surface area contributed by atoms with E-state index >= 15 is 0 Å². The van der Waals surface area contributed by atoms with Crippen LogP contribution in [-0.4, -0.2) is 52.8 Å². The first-order valence-corrected chi connectivity index (χ1v) is 9.44. The zero-order valence-electron chi connectivity index (χ0n) is 15.7. The number of nitrogens with one attached hydrogen (secondary N) is 1. The summed E-state index contributed by atoms with van der Waals surface area (Å²) in [6.45, 7) is 2.62. The number of benzene rings is 1. The van der Waals surface area contributed by atoms with E-state index in [1.807, 2.05) is 6.92 Å². The van der Waals surface area contributed by atoms with E-state index in [4.69, 9.17) is 0 Å². The number of aliphatic hydroxyl groups excluding tert-OH is 1. The van der Waals surface area contributed by atoms with E-state index in [1.54, 1.807) is 0 Å². The molecule has 1 aliphatic carbocycles. The molecule has 4 rings (SSSR count). The van der Waals surface area contributed by atoms with E-state index in [0.29, 0.717) is 12.5 Å². The van der Waals surface area contributed by atoms with Crippen LogP contribution in [0.5, 0.6) is 0 Å². The van der Waals surface area contributed by atoms with Crippen molar-refractivity contribution in [3.63, 3.8) is 0 Å². The fourth-order valence-electron chi connectivity index (χ4n) is 4.52. The third-order valence-electron chi connectivity index (χ3n) is 5.99. The molecule has 1 aromatic carbocycles. The van der Waals surface area contributed by atoms with Crippen LogP contribution in [0.15, 0.2) is 30.5 Å². The molecular formula is C21H27N3O2. The van der Waals surface area contributed by atoms with Gasteiger partial charge >= 0.3 is 0 Å². The molecule has 1 aliphatic heterocycles. The summed E-state index contributed by atoms with van der Waals surface area (Å²) in [7, 11) is 4.24. The van der Waals surface area contributed by atoms with Gasteiger partial charge in [0.1, 0.15) is 0 Å². The van der Waals surface area contributed by atoms with Crippen LogP contribution in [0.2, 0.25) is 0 Å². The highest BCUT2D eigenvalue weighted by Gasteiger charge is 2.34. The minimum atomic E-state index is -0.327. The van der Waals surface area contributed by atoms with E-state index in [2.05, 4.69) is 59.4 Å². The molecule has 3 unspecified atom stereocenters. The van der Waals surface area contributed by atoms with Crippen LogP contribution in [0.3, 0.4) is 0 Å². The summed E-state index contributed by atoms with van der Waals surface area (Å²) in [5, 5.41) is 13.9. The van der Waals surface area contributed by atoms with Gasteiger partial charge in [0.25, 0.3) is 0 Å². The minimum Gasteiger partial charge on any atom is -0.396 e. The van der Waals surface area contributed by atoms with Crippen molar-refractivity contribution in [1.29, 1.82) is 0 Å². The van der Waals surface area contributed by atoms with Crippen molar-refractivity contribution in [3.05, 3.63) is 41.6 Å². The van der Waals surface area contributed by atoms with Crippen LogP contribution in [0.25, 0.3) is 16.5 Å². The largest absolute Gasteiger partial charge is 0.396 e. The lowest BCUT2D eigenvalue weighted by Gasteiger charge is -2.40. The molecule has 1 amide bonds. The number of likely N-dealkylation sites (N-methyl/N-ethyl adjacent to an activating group) is 1. The van der Waals surface area contributed by atoms with Crippen molar-refractivity contribution in [2.75, 3.05) is 20.2 Å². The third-order valence-corrected chi connectivity index (χ3v) is 5.99. The number of nitrogens with zero attached hydrogens (tertiary/aromatic N) is 2. The molecule has 5 heteroatoms. The van der Waals surface area contributed by atoms with Crippen LogP contribution < -0.4 is 5.32 Å². The average molecular weight is 353 g/mol. The van der Waals surface area contributed by atoms with Gasteiger partial charge in [-0.25, -0.2) is 0 Å². The van der Waals surface area contributed by atoms with Crippen LogP contribution in [0.1, 0.15) is 24.5 Å². The molecule has 2 N–H and O–H groups in total. The fourth-order valence-corrected chi connectivity index (χ4v) is 4.52. The monoisotopic (exact) mass is 353 g/mol. The van der Waals surface area contributed by atoms with Crippen LogP contribution in [0.4, 0.5) is 0 Å². The number of fused-ring (bicyclic) bond motifs is 2. The van der Waals surface area contributed by atoms with Crippen LogP contribution in [-0.2, 0) is 18.3 Å². The standard InChI is InChI=1S/C21H27N3O2/c1-4-13(12-25)21(26)22-15-9-17-16-6-5-7-18-20(16)14(10-23(18)2)8-19(17)24(3)11-15/h5-7,9-10,13,15,19,25H,4,8,11-12H2,1-3H3,(H,22,26). The number of rotatable bonds is 4. The number of hydrogen-bond acceptors (Lipinski definition) is 3. The number of amides is 1. The van der Waals surface area contributed by atoms with Gasteiger partial charge in [0.05, 0.1) is 18.6 Å². The average Bonchev–Trinajstić information content (AvgIpc) is 2.94. The highest BCUT2D eigenvalue weighted by Crippen LogP contribution is 2.40. The van der Waals surface area contributed by atoms with Gasteiger partial charge in [-0.2, -0.15) is 0 Å². The Morgan fingerprint density at radius 2 is 2.19 bits per heavy atom. The SMILES string of the molecule is CCC(CO)C(=O)NC1C=C2c3cccc4c3c(cn4C)CC2N(C)C1. The number of hydrogen-bond donors (Lipinski definition) is 2. The Hall–Kier alpha value is -2.11. The molecule has 26 heavy (non-hydrogen) atoms. The Morgan fingerprint density at radius 3 is 2.92 bits per heavy atom. The fraction of sp³-hybridized carbons (Fsp3) is 0.476. The van der Waals surface area contributed by atoms with Crippen molar-refractivity contribution < 1.29 is 9.90 Å². The maximum Gasteiger partial charge on any atom is 0.225 e. The maximum atomic E-state index is 12.4. The van der Waals surface area contributed by atoms with Gasteiger partial charge in [0, 0.05) is 36.7 Å². The molecule has 0 saturated carbocycles. The molecule has 0 spiro atoms. The predicted molar refractivity (Wildman–Crippen MR) is 104 cm³/mol. The molecular weight excluding hydrogens is 326 g/mol. The molecule has 2 aromatic rings. The molecule has 0 radical (unpaired) electrons. The predicted octanol–water partition coefficient (Wildman–Crippen LogP) is 1.94. The molecule has 5 nitrogen and oxygen atoms in total. The highest BCUT2D eigenvalue weighted by molar-refractivity contribution is 5.99. The van der Waals surface area contributed by atoms with Gasteiger partial charge in [-0.1, -0.05) is 25.1 Å². The van der Waals surface area contributed by atoms with Crippen LogP contribution >= 0.6 is 0 Å². The summed E-state index contributed by atoms with van der Waals surface area (Å²) in [5.41, 5.74) is 5.26. The van der Waals surface area contributed by atoms with Gasteiger partial charge in [-0.3, -0.25) is 9.69 Å². The lowest BCUT2D eigenvalue weighted by molar-refractivity contribution is -0.126. The summed E-state index contributed by atoms with van der Waals surface area (Å²) in [6.07, 6.45) is 6.14.